The number of unbranched alkanes of at least 4 members (excludes halogenated alkanes) is 9. The van der Waals surface area contributed by atoms with Crippen molar-refractivity contribution < 1.29 is 13.2 Å². The molecule has 0 aromatic carbocycles. The van der Waals surface area contributed by atoms with Gasteiger partial charge in [0.2, 0.25) is 0 Å². The minimum Gasteiger partial charge on any atom is -0.418 e. The van der Waals surface area contributed by atoms with E-state index in [-0.39, 0.29) is 0 Å². The van der Waals surface area contributed by atoms with Crippen LogP contribution in [0.15, 0.2) is 0 Å². The van der Waals surface area contributed by atoms with Crippen LogP contribution >= 0.6 is 0 Å². The van der Waals surface area contributed by atoms with E-state index in [1.165, 1.54) is 57.4 Å². The van der Waals surface area contributed by atoms with Gasteiger partial charge in [0.05, 0.1) is 0 Å². The van der Waals surface area contributed by atoms with E-state index < -0.39 is 19.4 Å². The zero-order valence-corrected chi connectivity index (χ0v) is 18.9. The monoisotopic (exact) mass is 380 g/mol. The molecule has 0 fully saturated rings. The van der Waals surface area contributed by atoms with Crippen molar-refractivity contribution in [2.45, 2.75) is 111 Å². The highest BCUT2D eigenvalue weighted by Crippen LogP contribution is 2.17. The normalized spacial score (nSPS) is 12.6. The maximum atomic E-state index is 9.99. The molecule has 0 spiro atoms. The van der Waals surface area contributed by atoms with Crippen LogP contribution in [0.1, 0.15) is 91.4 Å². The fourth-order valence-electron chi connectivity index (χ4n) is 2.62. The van der Waals surface area contributed by atoms with Gasteiger partial charge in [0.15, 0.2) is 19.4 Å². The summed E-state index contributed by atoms with van der Waals surface area (Å²) in [4.78, 5) is 0. The largest absolute Gasteiger partial charge is 0.418 e. The van der Waals surface area contributed by atoms with Gasteiger partial charge in [-0.05, 0) is 32.5 Å². The first-order valence-corrected chi connectivity index (χ1v) is 14.5. The van der Waals surface area contributed by atoms with Crippen molar-refractivity contribution in [3.05, 3.63) is 0 Å². The summed E-state index contributed by atoms with van der Waals surface area (Å²) in [6.07, 6.45) is 14.4. The molecule has 1 atom stereocenters. The predicted molar refractivity (Wildman–Crippen MR) is 112 cm³/mol. The van der Waals surface area contributed by atoms with E-state index in [9.17, 15) is 4.21 Å². The van der Waals surface area contributed by atoms with Gasteiger partial charge in [0, 0.05) is 12.4 Å². The third kappa shape index (κ3) is 24.5. The molecular formula is C19H44O3SSi. The van der Waals surface area contributed by atoms with Gasteiger partial charge >= 0.3 is 0 Å². The van der Waals surface area contributed by atoms with Gasteiger partial charge in [-0.25, -0.2) is 4.21 Å². The number of hydrogen-bond donors (Lipinski definition) is 1. The summed E-state index contributed by atoms with van der Waals surface area (Å²) >= 11 is -1.57. The summed E-state index contributed by atoms with van der Waals surface area (Å²) < 4.78 is 24.1. The second-order valence-corrected chi connectivity index (χ2v) is 12.5. The molecule has 0 aliphatic carbocycles. The van der Waals surface area contributed by atoms with Gasteiger partial charge in [-0.2, -0.15) is 0 Å². The summed E-state index contributed by atoms with van der Waals surface area (Å²) in [6, 6.07) is 1.34. The summed E-state index contributed by atoms with van der Waals surface area (Å²) in [5, 5.41) is 0. The van der Waals surface area contributed by atoms with E-state index in [0.717, 1.165) is 25.9 Å². The smallest absolute Gasteiger partial charge is 0.186 e. The minimum atomic E-state index is -1.57. The zero-order valence-electron chi connectivity index (χ0n) is 17.1. The Hall–Kier alpha value is 0.287. The molecule has 1 N–H and O–H groups in total. The van der Waals surface area contributed by atoms with Gasteiger partial charge in [-0.1, -0.05) is 78.1 Å². The maximum absolute atomic E-state index is 9.99. The molecule has 0 aromatic rings. The number of rotatable bonds is 15. The molecule has 0 heterocycles. The summed E-state index contributed by atoms with van der Waals surface area (Å²) in [7, 11) is -1.28. The van der Waals surface area contributed by atoms with Crippen molar-refractivity contribution in [1.82, 2.24) is 0 Å². The standard InChI is InChI=1S/C14H32OSi.C5H12O2S/c1-5-7-8-9-10-11-12-13-14-16(3,4)15-6-2;1-2-3-4-5-8(6)7/h5-14H2,1-4H3;2-5H2,1H3,(H,6,7). The van der Waals surface area contributed by atoms with Gasteiger partial charge in [-0.15, -0.1) is 0 Å². The Bertz CT molecular complexity index is 273. The Morgan fingerprint density at radius 1 is 0.792 bits per heavy atom. The van der Waals surface area contributed by atoms with Crippen molar-refractivity contribution in [3.8, 4) is 0 Å². The third-order valence-electron chi connectivity index (χ3n) is 4.09. The average molecular weight is 381 g/mol. The fraction of sp³-hybridized carbons (Fsp3) is 1.00. The van der Waals surface area contributed by atoms with Crippen molar-refractivity contribution in [2.75, 3.05) is 12.4 Å². The summed E-state index contributed by atoms with van der Waals surface area (Å²) in [5.74, 6) is 0.438. The van der Waals surface area contributed by atoms with Crippen molar-refractivity contribution in [1.29, 1.82) is 0 Å². The quantitative estimate of drug-likeness (QED) is 0.194. The maximum Gasteiger partial charge on any atom is 0.186 e. The van der Waals surface area contributed by atoms with Crippen LogP contribution in [0.3, 0.4) is 0 Å². The molecule has 0 aliphatic rings. The number of hydrogen-bond acceptors (Lipinski definition) is 2. The lowest BCUT2D eigenvalue weighted by Crippen LogP contribution is -2.29. The molecule has 0 saturated carbocycles. The van der Waals surface area contributed by atoms with Crippen molar-refractivity contribution in [3.63, 3.8) is 0 Å². The molecule has 0 aliphatic heterocycles. The average Bonchev–Trinajstić information content (AvgIpc) is 2.50. The van der Waals surface area contributed by atoms with Gasteiger partial charge in [0.25, 0.3) is 0 Å². The highest BCUT2D eigenvalue weighted by atomic mass is 32.2. The first-order chi connectivity index (χ1) is 11.4. The van der Waals surface area contributed by atoms with Crippen LogP contribution < -0.4 is 0 Å². The molecule has 1 unspecified atom stereocenters. The first kappa shape index (κ1) is 26.5. The van der Waals surface area contributed by atoms with E-state index in [1.807, 2.05) is 0 Å². The molecule has 0 bridgehead atoms. The molecule has 0 aromatic heterocycles. The summed E-state index contributed by atoms with van der Waals surface area (Å²) in [6.45, 7) is 12.1. The molecule has 0 amide bonds. The SMILES string of the molecule is CCCCCCCCCC[Si](C)(C)OCC.CCCCCS(=O)O. The Balaban J connectivity index is 0. The van der Waals surface area contributed by atoms with E-state index in [0.29, 0.717) is 5.75 Å². The summed E-state index contributed by atoms with van der Waals surface area (Å²) in [5.41, 5.74) is 0. The van der Waals surface area contributed by atoms with E-state index in [4.69, 9.17) is 8.98 Å². The lowest BCUT2D eigenvalue weighted by molar-refractivity contribution is 0.327. The van der Waals surface area contributed by atoms with E-state index in [1.54, 1.807) is 0 Å². The third-order valence-corrected chi connectivity index (χ3v) is 7.36. The highest BCUT2D eigenvalue weighted by Gasteiger charge is 2.20. The molecule has 148 valence electrons. The zero-order chi connectivity index (χ0) is 18.7. The van der Waals surface area contributed by atoms with Crippen LogP contribution in [-0.4, -0.2) is 29.4 Å². The Labute approximate surface area is 155 Å². The highest BCUT2D eigenvalue weighted by molar-refractivity contribution is 7.79. The molecule has 0 radical (unpaired) electrons. The Morgan fingerprint density at radius 2 is 1.25 bits per heavy atom. The molecule has 0 saturated heterocycles. The fourth-order valence-corrected chi connectivity index (χ4v) is 5.10. The lowest BCUT2D eigenvalue weighted by atomic mass is 10.1. The van der Waals surface area contributed by atoms with Crippen LogP contribution in [0.2, 0.25) is 19.1 Å². The van der Waals surface area contributed by atoms with Crippen molar-refractivity contribution >= 4 is 19.4 Å². The van der Waals surface area contributed by atoms with E-state index in [2.05, 4.69) is 33.9 Å². The topological polar surface area (TPSA) is 46.5 Å². The van der Waals surface area contributed by atoms with Crippen LogP contribution in [-0.2, 0) is 15.5 Å². The van der Waals surface area contributed by atoms with Crippen LogP contribution in [0, 0.1) is 0 Å². The van der Waals surface area contributed by atoms with E-state index >= 15 is 0 Å². The van der Waals surface area contributed by atoms with Crippen LogP contribution in [0.25, 0.3) is 0 Å². The second kappa shape index (κ2) is 19.6. The molecular weight excluding hydrogens is 336 g/mol. The predicted octanol–water partition coefficient (Wildman–Crippen LogP) is 6.77. The Kier molecular flexibility index (Phi) is 21.7. The van der Waals surface area contributed by atoms with Crippen molar-refractivity contribution in [2.24, 2.45) is 0 Å². The first-order valence-electron chi connectivity index (χ1n) is 10.1. The molecule has 24 heavy (non-hydrogen) atoms. The lowest BCUT2D eigenvalue weighted by Gasteiger charge is -2.21. The van der Waals surface area contributed by atoms with Crippen LogP contribution in [0.5, 0.6) is 0 Å². The molecule has 5 heteroatoms. The minimum absolute atomic E-state index is 0.438. The van der Waals surface area contributed by atoms with Crippen LogP contribution in [0.4, 0.5) is 0 Å². The molecule has 3 nitrogen and oxygen atoms in total. The Morgan fingerprint density at radius 3 is 1.71 bits per heavy atom. The van der Waals surface area contributed by atoms with Gasteiger partial charge in [-0.3, -0.25) is 0 Å². The second-order valence-electron chi connectivity index (χ2n) is 7.15. The molecule has 0 rings (SSSR count). The van der Waals surface area contributed by atoms with Gasteiger partial charge < -0.3 is 8.98 Å². The van der Waals surface area contributed by atoms with Gasteiger partial charge in [0.1, 0.15) is 0 Å².